The molecule has 5 heterocycles. The Balaban J connectivity index is 0.000000310. The molecule has 45 heteroatoms. The van der Waals surface area contributed by atoms with E-state index in [1.165, 1.54) is 35.5 Å². The maximum absolute atomic E-state index is 12.9. The standard InChI is InChI=1S/C21H26ClNO5.C20H23ClN4O5.C19H22ClNO5.2C18H19ClN4O5.ClH/c1-5-11-27-12-16-19(21(25)28-6-2)18(14-9-7-8-10-15(14)22)17(13(3)23-16)20(24)26-4;1-4-30-20(27)18-15(11-29-10-9-23-25-22)24-12(2)16(19(26)28-3)17(18)13-7-5-6-8-14(13)21;1-4-9-26-10-14-17(18(22)23)16(12-7-5-6-8-13(12)20)15(11(2)21-14)19(24)25-3;2*1-10-14(18(26)27-2)15(11-5-3-4-6-12(11)19)16(17(24)25)13(22-10)9-28-8-7-21-23-20;/h7-10,18,23H,5-6,11-12H2,1-4H3;5-8,17,24H,4,9-11H2,1-3H3;5-8,16,21H,4,9-10H2,1-3H3,(H,22,23);2*3-6,15,22H,7-9H2,1-2H3,(H,24,25);1H/t18-;17-;16-;15-;;/m1111../s1. The second kappa shape index (κ2) is 60.6. The fourth-order valence-corrected chi connectivity index (χ4v) is 16.5. The summed E-state index contributed by atoms with van der Waals surface area (Å²) in [7, 11) is 6.29. The van der Waals surface area contributed by atoms with Crippen LogP contribution in [-0.4, -0.2) is 209 Å². The quantitative estimate of drug-likeness (QED) is 0.00451. The molecule has 0 aromatic heterocycles. The second-order valence-electron chi connectivity index (χ2n) is 30.0. The Hall–Kier alpha value is -13.3. The average Bonchev–Trinajstić information content (AvgIpc) is 0.766. The Morgan fingerprint density at radius 3 is 0.660 bits per heavy atom. The smallest absolute Gasteiger partial charge is 0.336 e. The third kappa shape index (κ3) is 31.8. The first-order valence-corrected chi connectivity index (χ1v) is 45.2. The normalized spacial score (nSPS) is 16.3. The molecule has 8 N–H and O–H groups in total. The number of nitrogens with one attached hydrogen (secondary N) is 5. The van der Waals surface area contributed by atoms with Crippen LogP contribution in [-0.2, 0) is 105 Å². The number of esters is 7. The molecular formula is C96H110Cl6N14O25. The number of carboxylic acid groups (broad SMARTS) is 3. The van der Waals surface area contributed by atoms with Crippen molar-refractivity contribution in [1.29, 1.82) is 0 Å². The Bertz CT molecular complexity index is 5760. The first-order chi connectivity index (χ1) is 67.2. The second-order valence-corrected chi connectivity index (χ2v) is 32.0. The number of aliphatic carboxylic acids is 3. The van der Waals surface area contributed by atoms with Crippen molar-refractivity contribution in [2.75, 3.05) is 134 Å². The molecule has 0 bridgehead atoms. The highest BCUT2D eigenvalue weighted by Gasteiger charge is 2.46. The number of carbonyl (C=O) groups is 10. The average molecular weight is 2070 g/mol. The van der Waals surface area contributed by atoms with Crippen molar-refractivity contribution < 1.29 is 120 Å². The topological polar surface area (TPSA) is 549 Å². The molecule has 5 aliphatic heterocycles. The molecule has 0 saturated heterocycles. The van der Waals surface area contributed by atoms with E-state index in [0.717, 1.165) is 12.8 Å². The van der Waals surface area contributed by atoms with Crippen LogP contribution in [0.3, 0.4) is 0 Å². The molecule has 1 unspecified atom stereocenters. The van der Waals surface area contributed by atoms with E-state index in [9.17, 15) is 63.3 Å². The monoisotopic (exact) mass is 2070 g/mol. The molecule has 0 fully saturated rings. The largest absolute Gasteiger partial charge is 0.478 e. The Kier molecular flexibility index (Phi) is 50.8. The maximum Gasteiger partial charge on any atom is 0.336 e. The van der Waals surface area contributed by atoms with Gasteiger partial charge in [-0.3, -0.25) is 0 Å². The van der Waals surface area contributed by atoms with Crippen LogP contribution >= 0.6 is 70.4 Å². The van der Waals surface area contributed by atoms with Gasteiger partial charge < -0.3 is 98.7 Å². The number of allylic oxidation sites excluding steroid dienone is 5. The van der Waals surface area contributed by atoms with E-state index in [1.807, 2.05) is 19.9 Å². The summed E-state index contributed by atoms with van der Waals surface area (Å²) < 4.78 is 62.7. The number of carboxylic acids is 3. The molecule has 5 aromatic rings. The highest BCUT2D eigenvalue weighted by Crippen LogP contribution is 2.48. The lowest BCUT2D eigenvalue weighted by Crippen LogP contribution is -2.35. The number of ether oxygens (including phenoxy) is 12. The number of benzene rings is 5. The predicted molar refractivity (Wildman–Crippen MR) is 525 cm³/mol. The fourth-order valence-electron chi connectivity index (χ4n) is 15.3. The third-order valence-electron chi connectivity index (χ3n) is 21.1. The molecule has 5 atom stereocenters. The van der Waals surface area contributed by atoms with E-state index in [4.69, 9.17) is 131 Å². The summed E-state index contributed by atoms with van der Waals surface area (Å²) in [6.45, 7) is 18.2. The van der Waals surface area contributed by atoms with Crippen molar-refractivity contribution in [3.8, 4) is 0 Å². The summed E-state index contributed by atoms with van der Waals surface area (Å²) >= 11 is 31.8. The predicted octanol–water partition coefficient (Wildman–Crippen LogP) is 17.3. The van der Waals surface area contributed by atoms with E-state index < -0.39 is 89.3 Å². The minimum Gasteiger partial charge on any atom is -0.478 e. The summed E-state index contributed by atoms with van der Waals surface area (Å²) in [5.41, 5.74) is 33.6. The van der Waals surface area contributed by atoms with Crippen LogP contribution in [0.15, 0.2) is 249 Å². The first kappa shape index (κ1) is 118. The molecule has 10 rings (SSSR count). The van der Waals surface area contributed by atoms with E-state index >= 15 is 0 Å². The Labute approximate surface area is 844 Å². The zero-order chi connectivity index (χ0) is 103. The number of halogens is 6. The van der Waals surface area contributed by atoms with Crippen LogP contribution in [0.1, 0.15) is 133 Å². The lowest BCUT2D eigenvalue weighted by molar-refractivity contribution is -0.140. The van der Waals surface area contributed by atoms with Gasteiger partial charge in [-0.1, -0.05) is 178 Å². The van der Waals surface area contributed by atoms with Gasteiger partial charge in [0.05, 0.1) is 215 Å². The van der Waals surface area contributed by atoms with E-state index in [2.05, 4.69) is 56.7 Å². The number of azide groups is 3. The van der Waals surface area contributed by atoms with Gasteiger partial charge in [0.15, 0.2) is 0 Å². The zero-order valence-corrected chi connectivity index (χ0v) is 84.2. The molecule has 5 aromatic carbocycles. The summed E-state index contributed by atoms with van der Waals surface area (Å²) in [5.74, 6) is -12.0. The molecule has 0 radical (unpaired) electrons. The van der Waals surface area contributed by atoms with Crippen LogP contribution < -0.4 is 26.6 Å². The molecule has 5 aliphatic rings. The van der Waals surface area contributed by atoms with Crippen molar-refractivity contribution in [3.05, 3.63) is 318 Å². The van der Waals surface area contributed by atoms with E-state index in [-0.39, 0.29) is 154 Å². The van der Waals surface area contributed by atoms with Gasteiger partial charge in [0, 0.05) is 101 Å². The van der Waals surface area contributed by atoms with Crippen molar-refractivity contribution >= 4 is 130 Å². The summed E-state index contributed by atoms with van der Waals surface area (Å²) in [6, 6.07) is 34.4. The van der Waals surface area contributed by atoms with Crippen molar-refractivity contribution in [2.24, 2.45) is 15.3 Å². The minimum atomic E-state index is -1.22. The fraction of sp³-hybridized carbons (Fsp3) is 0.375. The highest BCUT2D eigenvalue weighted by molar-refractivity contribution is 6.33. The molecule has 0 spiro atoms. The third-order valence-corrected chi connectivity index (χ3v) is 22.9. The molecule has 141 heavy (non-hydrogen) atoms. The van der Waals surface area contributed by atoms with Gasteiger partial charge in [-0.25, -0.2) is 47.9 Å². The molecule has 756 valence electrons. The SMILES string of the molecule is CCCOCC1=C(C(=O)O)[C@H](c2ccccc2Cl)C(C(=O)OC)=C(C)N1.CCCOCC1=C(C(=O)OCC)[C@H](c2ccccc2Cl)C(C(=O)OC)=C(C)N1.CCOC(=O)C1=C(COCCN=[N+]=[N-])NC(C)=C(C(=O)OC)[C@H]1c1ccccc1Cl.COC(=O)C1=C(C)NC(COCCN=[N+]=[N-])=C(C(=O)O)C1c1ccccc1Cl.COC(=O)C1=C(C)NC(COCCN=[N+]=[N-])=C(C(=O)O)[C@@H]1c1ccccc1Cl.Cl. The lowest BCUT2D eigenvalue weighted by Gasteiger charge is -2.31. The highest BCUT2D eigenvalue weighted by atomic mass is 35.5. The Morgan fingerprint density at radius 2 is 0.489 bits per heavy atom. The van der Waals surface area contributed by atoms with Crippen LogP contribution in [0.4, 0.5) is 0 Å². The van der Waals surface area contributed by atoms with Gasteiger partial charge in [0.25, 0.3) is 0 Å². The van der Waals surface area contributed by atoms with Crippen molar-refractivity contribution in [2.45, 2.75) is 105 Å². The summed E-state index contributed by atoms with van der Waals surface area (Å²) in [4.78, 5) is 133. The van der Waals surface area contributed by atoms with Gasteiger partial charge in [0.2, 0.25) is 0 Å². The Morgan fingerprint density at radius 1 is 0.305 bits per heavy atom. The first-order valence-electron chi connectivity index (χ1n) is 43.3. The zero-order valence-electron chi connectivity index (χ0n) is 79.6. The molecule has 0 amide bonds. The number of methoxy groups -OCH3 is 5. The van der Waals surface area contributed by atoms with Gasteiger partial charge in [-0.15, -0.1) is 12.4 Å². The molecule has 0 saturated carbocycles. The number of carbonyl (C=O) groups excluding carboxylic acids is 7. The van der Waals surface area contributed by atoms with Gasteiger partial charge in [0.1, 0.15) is 0 Å². The minimum absolute atomic E-state index is 0. The number of hydrogen-bond acceptors (Lipinski definition) is 30. The summed E-state index contributed by atoms with van der Waals surface area (Å²) in [5, 5.41) is 56.7. The van der Waals surface area contributed by atoms with Gasteiger partial charge in [-0.05, 0) is 136 Å². The molecule has 39 nitrogen and oxygen atoms in total. The van der Waals surface area contributed by atoms with Gasteiger partial charge in [-0.2, -0.15) is 0 Å². The van der Waals surface area contributed by atoms with E-state index in [0.29, 0.717) is 123 Å². The number of hydrogen-bond donors (Lipinski definition) is 8. The van der Waals surface area contributed by atoms with E-state index in [1.54, 1.807) is 164 Å². The van der Waals surface area contributed by atoms with Crippen LogP contribution in [0.5, 0.6) is 0 Å². The number of nitrogens with zero attached hydrogens (tertiary/aromatic N) is 9. The molecule has 0 aliphatic carbocycles. The summed E-state index contributed by atoms with van der Waals surface area (Å²) in [6.07, 6.45) is 1.66. The van der Waals surface area contributed by atoms with Crippen LogP contribution in [0.2, 0.25) is 25.1 Å². The maximum atomic E-state index is 12.9. The number of rotatable bonds is 40. The van der Waals surface area contributed by atoms with Crippen molar-refractivity contribution in [1.82, 2.24) is 26.6 Å². The number of dihydropyridines is 5. The van der Waals surface area contributed by atoms with Crippen LogP contribution in [0.25, 0.3) is 31.3 Å². The van der Waals surface area contributed by atoms with Gasteiger partial charge >= 0.3 is 59.7 Å². The van der Waals surface area contributed by atoms with Crippen molar-refractivity contribution in [3.63, 3.8) is 0 Å². The van der Waals surface area contributed by atoms with Crippen LogP contribution in [0, 0.1) is 0 Å². The molecular weight excluding hydrogens is 1960 g/mol. The lowest BCUT2D eigenvalue weighted by atomic mass is 9.80.